The van der Waals surface area contributed by atoms with Crippen molar-refractivity contribution >= 4 is 17.5 Å². The topological polar surface area (TPSA) is 58.6 Å². The zero-order chi connectivity index (χ0) is 18.3. The van der Waals surface area contributed by atoms with Gasteiger partial charge in [0.1, 0.15) is 24.7 Å². The van der Waals surface area contributed by atoms with Crippen molar-refractivity contribution in [2.45, 2.75) is 12.3 Å². The van der Waals surface area contributed by atoms with Crippen LogP contribution in [0.3, 0.4) is 0 Å². The summed E-state index contributed by atoms with van der Waals surface area (Å²) in [4.78, 5) is 26.6. The molecule has 1 heterocycles. The van der Waals surface area contributed by atoms with E-state index in [0.29, 0.717) is 12.2 Å². The van der Waals surface area contributed by atoms with Crippen molar-refractivity contribution < 1.29 is 18.7 Å². The third-order valence-electron chi connectivity index (χ3n) is 5.24. The highest BCUT2D eigenvalue weighted by atomic mass is 19.1. The van der Waals surface area contributed by atoms with Gasteiger partial charge in [0.2, 0.25) is 11.8 Å². The molecule has 0 spiro atoms. The molecule has 2 amide bonds. The van der Waals surface area contributed by atoms with E-state index >= 15 is 0 Å². The monoisotopic (exact) mass is 354 g/mol. The van der Waals surface area contributed by atoms with Gasteiger partial charge in [0.25, 0.3) is 0 Å². The Kier molecular flexibility index (Phi) is 3.90. The molecule has 0 bridgehead atoms. The normalized spacial score (nSPS) is 23.1. The summed E-state index contributed by atoms with van der Waals surface area (Å²) in [5.74, 6) is -0.0310. The number of rotatable bonds is 5. The van der Waals surface area contributed by atoms with Crippen molar-refractivity contribution in [2.75, 3.05) is 25.1 Å². The van der Waals surface area contributed by atoms with Crippen LogP contribution in [0.1, 0.15) is 17.9 Å². The molecule has 6 heteroatoms. The molecule has 2 unspecified atom stereocenters. The molecule has 134 valence electrons. The molecule has 2 aliphatic rings. The molecule has 26 heavy (non-hydrogen) atoms. The first-order valence-electron chi connectivity index (χ1n) is 8.55. The molecule has 0 radical (unpaired) electrons. The van der Waals surface area contributed by atoms with E-state index in [1.54, 1.807) is 24.1 Å². The van der Waals surface area contributed by atoms with Crippen molar-refractivity contribution in [3.63, 3.8) is 0 Å². The molecule has 0 saturated heterocycles. The Morgan fingerprint density at radius 3 is 2.73 bits per heavy atom. The highest BCUT2D eigenvalue weighted by Crippen LogP contribution is 2.65. The summed E-state index contributed by atoms with van der Waals surface area (Å²) >= 11 is 0. The van der Waals surface area contributed by atoms with Gasteiger partial charge in [-0.2, -0.15) is 0 Å². The molecule has 5 nitrogen and oxygen atoms in total. The molecule has 0 aromatic heterocycles. The first-order chi connectivity index (χ1) is 12.5. The summed E-state index contributed by atoms with van der Waals surface area (Å²) in [5, 5.41) is 2.57. The Balaban J connectivity index is 1.61. The summed E-state index contributed by atoms with van der Waals surface area (Å²) in [6.07, 6.45) is 0.689. The highest BCUT2D eigenvalue weighted by Gasteiger charge is 2.66. The number of anilines is 1. The maximum absolute atomic E-state index is 13.2. The van der Waals surface area contributed by atoms with Crippen molar-refractivity contribution in [1.29, 1.82) is 0 Å². The summed E-state index contributed by atoms with van der Waals surface area (Å²) in [7, 11) is 1.55. The molecular weight excluding hydrogens is 335 g/mol. The van der Waals surface area contributed by atoms with Gasteiger partial charge in [0, 0.05) is 18.7 Å². The lowest BCUT2D eigenvalue weighted by Gasteiger charge is -2.33. The van der Waals surface area contributed by atoms with Crippen LogP contribution in [0.5, 0.6) is 5.75 Å². The van der Waals surface area contributed by atoms with Crippen LogP contribution in [0.2, 0.25) is 0 Å². The number of amides is 2. The number of ether oxygens (including phenoxy) is 1. The maximum atomic E-state index is 13.2. The number of nitrogens with one attached hydrogen (secondary N) is 1. The number of halogens is 1. The highest BCUT2D eigenvalue weighted by molar-refractivity contribution is 6.07. The van der Waals surface area contributed by atoms with Crippen LogP contribution < -0.4 is 15.0 Å². The number of carbonyl (C=O) groups is 2. The van der Waals surface area contributed by atoms with E-state index in [9.17, 15) is 14.0 Å². The molecule has 2 aromatic rings. The number of carbonyl (C=O) groups excluding carboxylic acids is 2. The van der Waals surface area contributed by atoms with Gasteiger partial charge in [-0.15, -0.1) is 0 Å². The third kappa shape index (κ3) is 2.62. The molecule has 1 fully saturated rings. The minimum Gasteiger partial charge on any atom is -0.492 e. The number of para-hydroxylation sites is 1. The largest absolute Gasteiger partial charge is 0.492 e. The lowest BCUT2D eigenvalue weighted by Crippen LogP contribution is -2.48. The third-order valence-corrected chi connectivity index (χ3v) is 5.24. The van der Waals surface area contributed by atoms with Gasteiger partial charge < -0.3 is 15.0 Å². The molecule has 2 atom stereocenters. The predicted molar refractivity (Wildman–Crippen MR) is 94.5 cm³/mol. The number of hydrogen-bond donors (Lipinski definition) is 1. The van der Waals surface area contributed by atoms with Gasteiger partial charge in [0.05, 0.1) is 5.41 Å². The summed E-state index contributed by atoms with van der Waals surface area (Å²) < 4.78 is 18.8. The smallest absolute Gasteiger partial charge is 0.239 e. The van der Waals surface area contributed by atoms with Gasteiger partial charge in [-0.05, 0) is 42.3 Å². The van der Waals surface area contributed by atoms with Crippen LogP contribution in [-0.2, 0) is 9.59 Å². The lowest BCUT2D eigenvalue weighted by molar-refractivity contribution is -0.128. The van der Waals surface area contributed by atoms with E-state index < -0.39 is 5.41 Å². The molecule has 1 aliphatic heterocycles. The zero-order valence-corrected chi connectivity index (χ0v) is 14.4. The van der Waals surface area contributed by atoms with Crippen molar-refractivity contribution in [2.24, 2.45) is 5.41 Å². The fourth-order valence-electron chi connectivity index (χ4n) is 3.70. The van der Waals surface area contributed by atoms with Crippen LogP contribution >= 0.6 is 0 Å². The van der Waals surface area contributed by atoms with Gasteiger partial charge in [-0.3, -0.25) is 9.59 Å². The summed E-state index contributed by atoms with van der Waals surface area (Å²) in [6, 6.07) is 13.4. The van der Waals surface area contributed by atoms with E-state index in [1.165, 1.54) is 12.1 Å². The Bertz CT molecular complexity index is 868. The van der Waals surface area contributed by atoms with Crippen LogP contribution in [0.15, 0.2) is 48.5 Å². The molecule has 4 rings (SSSR count). The van der Waals surface area contributed by atoms with Crippen LogP contribution in [-0.4, -0.2) is 32.0 Å². The van der Waals surface area contributed by atoms with Gasteiger partial charge in [0.15, 0.2) is 0 Å². The van der Waals surface area contributed by atoms with Gasteiger partial charge in [-0.25, -0.2) is 4.39 Å². The summed E-state index contributed by atoms with van der Waals surface area (Å²) in [5.41, 5.74) is 1.20. The van der Waals surface area contributed by atoms with E-state index in [2.05, 4.69) is 5.32 Å². The van der Waals surface area contributed by atoms with Gasteiger partial charge in [-0.1, -0.05) is 18.2 Å². The second-order valence-electron chi connectivity index (χ2n) is 6.78. The SMILES string of the molecule is CNC(=O)CN1C(=O)C2(COc3ccc(F)cc3)CC2c2ccccc21. The fraction of sp³-hybridized carbons (Fsp3) is 0.300. The number of benzene rings is 2. The predicted octanol–water partition coefficient (Wildman–Crippen LogP) is 2.47. The second kappa shape index (κ2) is 6.12. The molecule has 1 saturated carbocycles. The van der Waals surface area contributed by atoms with Crippen LogP contribution in [0.4, 0.5) is 10.1 Å². The second-order valence-corrected chi connectivity index (χ2v) is 6.78. The Morgan fingerprint density at radius 2 is 2.00 bits per heavy atom. The first kappa shape index (κ1) is 16.6. The average molecular weight is 354 g/mol. The number of likely N-dealkylation sites (N-methyl/N-ethyl adjacent to an activating group) is 1. The van der Waals surface area contributed by atoms with E-state index in [0.717, 1.165) is 11.3 Å². The molecule has 2 aromatic carbocycles. The van der Waals surface area contributed by atoms with E-state index in [-0.39, 0.29) is 36.7 Å². The van der Waals surface area contributed by atoms with Crippen molar-refractivity contribution in [3.8, 4) is 5.75 Å². The van der Waals surface area contributed by atoms with E-state index in [4.69, 9.17) is 4.74 Å². The number of hydrogen-bond acceptors (Lipinski definition) is 3. The maximum Gasteiger partial charge on any atom is 0.239 e. The Hall–Kier alpha value is -2.89. The Labute approximate surface area is 150 Å². The summed E-state index contributed by atoms with van der Waals surface area (Å²) in [6.45, 7) is 0.193. The lowest BCUT2D eigenvalue weighted by atomic mass is 9.92. The van der Waals surface area contributed by atoms with Gasteiger partial charge >= 0.3 is 0 Å². The molecule has 1 aliphatic carbocycles. The van der Waals surface area contributed by atoms with Crippen molar-refractivity contribution in [3.05, 3.63) is 59.9 Å². The molecule has 1 N–H and O–H groups in total. The standard InChI is InChI=1S/C20H19FN2O3/c1-22-18(24)11-23-17-5-3-2-4-15(17)16-10-20(16,19(23)25)12-26-14-8-6-13(21)7-9-14/h2-9,16H,10-12H2,1H3,(H,22,24). The quantitative estimate of drug-likeness (QED) is 0.897. The number of fused-ring (bicyclic) bond motifs is 3. The van der Waals surface area contributed by atoms with Crippen molar-refractivity contribution in [1.82, 2.24) is 5.32 Å². The number of nitrogens with zero attached hydrogens (tertiary/aromatic N) is 1. The minimum atomic E-state index is -0.656. The van der Waals surface area contributed by atoms with Crippen LogP contribution in [0.25, 0.3) is 0 Å². The zero-order valence-electron chi connectivity index (χ0n) is 14.4. The fourth-order valence-corrected chi connectivity index (χ4v) is 3.70. The minimum absolute atomic E-state index is 0.0165. The average Bonchev–Trinajstić information content (AvgIpc) is 3.41. The van der Waals surface area contributed by atoms with Crippen LogP contribution in [0, 0.1) is 11.2 Å². The molecular formula is C20H19FN2O3. The van der Waals surface area contributed by atoms with E-state index in [1.807, 2.05) is 24.3 Å². The first-order valence-corrected chi connectivity index (χ1v) is 8.55. The Morgan fingerprint density at radius 1 is 1.27 bits per heavy atom.